The van der Waals surface area contributed by atoms with Gasteiger partial charge in [-0.05, 0) is 46.1 Å². The van der Waals surface area contributed by atoms with Crippen molar-refractivity contribution in [3.05, 3.63) is 64.6 Å². The summed E-state index contributed by atoms with van der Waals surface area (Å²) in [6, 6.07) is 5.58. The van der Waals surface area contributed by atoms with Gasteiger partial charge in [-0.25, -0.2) is 0 Å². The molecule has 0 saturated carbocycles. The van der Waals surface area contributed by atoms with Crippen molar-refractivity contribution in [3.63, 3.8) is 0 Å². The zero-order valence-corrected chi connectivity index (χ0v) is 12.7. The quantitative estimate of drug-likeness (QED) is 0.759. The van der Waals surface area contributed by atoms with E-state index in [9.17, 15) is 4.79 Å². The molecule has 2 rings (SSSR count). The minimum atomic E-state index is -0.367. The Kier molecular flexibility index (Phi) is 4.79. The highest BCUT2D eigenvalue weighted by atomic mass is 79.9. The van der Waals surface area contributed by atoms with Crippen LogP contribution < -0.4 is 4.74 Å². The summed E-state index contributed by atoms with van der Waals surface area (Å²) in [7, 11) is 0. The molecule has 0 saturated heterocycles. The predicted molar refractivity (Wildman–Crippen MR) is 82.0 cm³/mol. The van der Waals surface area contributed by atoms with Gasteiger partial charge in [0.25, 0.3) is 0 Å². The van der Waals surface area contributed by atoms with E-state index in [4.69, 9.17) is 9.47 Å². The summed E-state index contributed by atoms with van der Waals surface area (Å²) in [6.45, 7) is 5.74. The van der Waals surface area contributed by atoms with Crippen LogP contribution in [0.4, 0.5) is 0 Å². The fraction of sp³-hybridized carbons (Fsp3) is 0.188. The number of benzene rings is 1. The number of aryl methyl sites for hydroxylation is 1. The lowest BCUT2D eigenvalue weighted by atomic mass is 10.1. The Balaban J connectivity index is 2.31. The molecule has 1 aliphatic heterocycles. The third-order valence-electron chi connectivity index (χ3n) is 2.99. The van der Waals surface area contributed by atoms with Gasteiger partial charge < -0.3 is 9.47 Å². The predicted octanol–water partition coefficient (Wildman–Crippen LogP) is 4.15. The molecule has 0 N–H and O–H groups in total. The second-order valence-corrected chi connectivity index (χ2v) is 5.10. The average molecular weight is 335 g/mol. The van der Waals surface area contributed by atoms with Crippen LogP contribution in [-0.4, -0.2) is 12.4 Å². The Morgan fingerprint density at radius 1 is 1.55 bits per heavy atom. The number of carbonyl (C=O) groups excluding carboxylic acids is 1. The number of aldehydes is 1. The second kappa shape index (κ2) is 6.57. The van der Waals surface area contributed by atoms with Crippen LogP contribution in [0.5, 0.6) is 5.75 Å². The standard InChI is InChI=1S/C16H15BrO3/c1-3-11-5-6-12(10-18)15(9-11)20-14-7-8-19-16(14)13(17)4-2/h4-10,14H,2-3H2,1H3/b16-13-. The first kappa shape index (κ1) is 14.6. The van der Waals surface area contributed by atoms with E-state index in [0.717, 1.165) is 22.8 Å². The highest BCUT2D eigenvalue weighted by Gasteiger charge is 2.23. The molecular formula is C16H15BrO3. The molecule has 1 aromatic rings. The molecule has 1 aliphatic rings. The van der Waals surface area contributed by atoms with Crippen molar-refractivity contribution in [2.45, 2.75) is 19.4 Å². The van der Waals surface area contributed by atoms with Crippen LogP contribution in [0.2, 0.25) is 0 Å². The molecule has 1 atom stereocenters. The van der Waals surface area contributed by atoms with Crippen LogP contribution in [0.3, 0.4) is 0 Å². The van der Waals surface area contributed by atoms with E-state index in [1.165, 1.54) is 0 Å². The summed E-state index contributed by atoms with van der Waals surface area (Å²) in [5.74, 6) is 1.18. The number of hydrogen-bond acceptors (Lipinski definition) is 3. The molecule has 20 heavy (non-hydrogen) atoms. The highest BCUT2D eigenvalue weighted by molar-refractivity contribution is 9.11. The first-order chi connectivity index (χ1) is 9.69. The first-order valence-corrected chi connectivity index (χ1v) is 7.09. The Labute approximate surface area is 126 Å². The maximum absolute atomic E-state index is 11.1. The number of carbonyl (C=O) groups is 1. The zero-order chi connectivity index (χ0) is 14.5. The van der Waals surface area contributed by atoms with Crippen LogP contribution in [-0.2, 0) is 11.2 Å². The summed E-state index contributed by atoms with van der Waals surface area (Å²) < 4.78 is 12.0. The Hall–Kier alpha value is -1.81. The van der Waals surface area contributed by atoms with Crippen molar-refractivity contribution in [2.75, 3.05) is 0 Å². The molecule has 0 aliphatic carbocycles. The van der Waals surface area contributed by atoms with Gasteiger partial charge in [-0.1, -0.05) is 25.6 Å². The van der Waals surface area contributed by atoms with Crippen LogP contribution in [0.25, 0.3) is 0 Å². The molecule has 104 valence electrons. The Morgan fingerprint density at radius 2 is 2.35 bits per heavy atom. The molecule has 1 unspecified atom stereocenters. The second-order valence-electron chi connectivity index (χ2n) is 4.24. The number of allylic oxidation sites excluding steroid dienone is 2. The van der Waals surface area contributed by atoms with Gasteiger partial charge in [0.05, 0.1) is 16.3 Å². The topological polar surface area (TPSA) is 35.5 Å². The number of halogens is 1. The van der Waals surface area contributed by atoms with Gasteiger partial charge in [-0.15, -0.1) is 0 Å². The molecule has 0 spiro atoms. The van der Waals surface area contributed by atoms with E-state index in [2.05, 4.69) is 29.4 Å². The number of ether oxygens (including phenoxy) is 2. The maximum atomic E-state index is 11.1. The molecule has 1 heterocycles. The Morgan fingerprint density at radius 3 is 3.00 bits per heavy atom. The van der Waals surface area contributed by atoms with Crippen LogP contribution in [0.1, 0.15) is 22.8 Å². The van der Waals surface area contributed by atoms with Crippen molar-refractivity contribution >= 4 is 22.2 Å². The van der Waals surface area contributed by atoms with Gasteiger partial charge in [0.1, 0.15) is 5.75 Å². The monoisotopic (exact) mass is 334 g/mol. The molecule has 3 nitrogen and oxygen atoms in total. The highest BCUT2D eigenvalue weighted by Crippen LogP contribution is 2.29. The Bertz CT molecular complexity index is 587. The van der Waals surface area contributed by atoms with Gasteiger partial charge >= 0.3 is 0 Å². The van der Waals surface area contributed by atoms with Gasteiger partial charge in [0, 0.05) is 0 Å². The van der Waals surface area contributed by atoms with Crippen molar-refractivity contribution in [2.24, 2.45) is 0 Å². The van der Waals surface area contributed by atoms with Gasteiger partial charge in [-0.2, -0.15) is 0 Å². The molecule has 0 amide bonds. The third-order valence-corrected chi connectivity index (χ3v) is 3.70. The van der Waals surface area contributed by atoms with Crippen molar-refractivity contribution < 1.29 is 14.3 Å². The SMILES string of the molecule is C=C/C(Br)=C1/OC=CC1Oc1cc(CC)ccc1C=O. The normalized spacial score (nSPS) is 19.4. The number of rotatable bonds is 5. The molecular weight excluding hydrogens is 320 g/mol. The van der Waals surface area contributed by atoms with Crippen LogP contribution >= 0.6 is 15.9 Å². The lowest BCUT2D eigenvalue weighted by Gasteiger charge is -2.16. The van der Waals surface area contributed by atoms with Gasteiger partial charge in [0.15, 0.2) is 18.1 Å². The minimum Gasteiger partial charge on any atom is -0.477 e. The molecule has 0 bridgehead atoms. The molecule has 0 fully saturated rings. The fourth-order valence-corrected chi connectivity index (χ4v) is 2.18. The van der Waals surface area contributed by atoms with Crippen molar-refractivity contribution in [3.8, 4) is 5.75 Å². The van der Waals surface area contributed by atoms with E-state index in [1.807, 2.05) is 12.1 Å². The van der Waals surface area contributed by atoms with E-state index >= 15 is 0 Å². The van der Waals surface area contributed by atoms with Crippen LogP contribution in [0.15, 0.2) is 53.4 Å². The van der Waals surface area contributed by atoms with Gasteiger partial charge in [-0.3, -0.25) is 4.79 Å². The molecule has 0 radical (unpaired) electrons. The van der Waals surface area contributed by atoms with E-state index in [-0.39, 0.29) is 6.10 Å². The molecule has 0 aromatic heterocycles. The first-order valence-electron chi connectivity index (χ1n) is 6.29. The third kappa shape index (κ3) is 3.02. The molecule has 1 aromatic carbocycles. The van der Waals surface area contributed by atoms with E-state index in [1.54, 1.807) is 24.5 Å². The smallest absolute Gasteiger partial charge is 0.179 e. The lowest BCUT2D eigenvalue weighted by molar-refractivity contribution is 0.111. The minimum absolute atomic E-state index is 0.367. The fourth-order valence-electron chi connectivity index (χ4n) is 1.86. The summed E-state index contributed by atoms with van der Waals surface area (Å²) in [4.78, 5) is 11.1. The van der Waals surface area contributed by atoms with Crippen LogP contribution in [0, 0.1) is 0 Å². The lowest BCUT2D eigenvalue weighted by Crippen LogP contribution is -2.15. The van der Waals surface area contributed by atoms with Crippen molar-refractivity contribution in [1.29, 1.82) is 0 Å². The van der Waals surface area contributed by atoms with Gasteiger partial charge in [0.2, 0.25) is 0 Å². The number of hydrogen-bond donors (Lipinski definition) is 0. The molecule has 4 heteroatoms. The summed E-state index contributed by atoms with van der Waals surface area (Å²) >= 11 is 3.37. The average Bonchev–Trinajstić information content (AvgIpc) is 2.94. The van der Waals surface area contributed by atoms with E-state index in [0.29, 0.717) is 17.1 Å². The summed E-state index contributed by atoms with van der Waals surface area (Å²) in [5.41, 5.74) is 1.64. The summed E-state index contributed by atoms with van der Waals surface area (Å²) in [5, 5.41) is 0. The largest absolute Gasteiger partial charge is 0.477 e. The zero-order valence-electron chi connectivity index (χ0n) is 11.1. The van der Waals surface area contributed by atoms with E-state index < -0.39 is 0 Å². The maximum Gasteiger partial charge on any atom is 0.179 e. The summed E-state index contributed by atoms with van der Waals surface area (Å²) in [6.07, 6.45) is 6.30. The van der Waals surface area contributed by atoms with Crippen molar-refractivity contribution in [1.82, 2.24) is 0 Å².